The first-order valence-corrected chi connectivity index (χ1v) is 5.91. The fraction of sp³-hybridized carbons (Fsp3) is 0.0667. The fourth-order valence-electron chi connectivity index (χ4n) is 2.13. The molecule has 4 nitrogen and oxygen atoms in total. The van der Waals surface area contributed by atoms with Crippen LogP contribution in [0.2, 0.25) is 0 Å². The van der Waals surface area contributed by atoms with Gasteiger partial charge in [0.1, 0.15) is 5.75 Å². The third kappa shape index (κ3) is 1.87. The lowest BCUT2D eigenvalue weighted by atomic mass is 10.2. The monoisotopic (exact) mass is 252 g/mol. The van der Waals surface area contributed by atoms with Gasteiger partial charge in [0.2, 0.25) is 0 Å². The van der Waals surface area contributed by atoms with E-state index in [1.165, 1.54) is 6.20 Å². The number of para-hydroxylation sites is 4. The van der Waals surface area contributed by atoms with E-state index in [2.05, 4.69) is 4.98 Å². The summed E-state index contributed by atoms with van der Waals surface area (Å²) in [6.45, 7) is 0. The predicted molar refractivity (Wildman–Crippen MR) is 73.9 cm³/mol. The summed E-state index contributed by atoms with van der Waals surface area (Å²) in [6.07, 6.45) is 1.33. The zero-order chi connectivity index (χ0) is 13.2. The minimum atomic E-state index is -0.178. The van der Waals surface area contributed by atoms with Gasteiger partial charge in [-0.1, -0.05) is 24.3 Å². The van der Waals surface area contributed by atoms with Crippen molar-refractivity contribution in [2.24, 2.45) is 0 Å². The van der Waals surface area contributed by atoms with Crippen LogP contribution in [0.3, 0.4) is 0 Å². The summed E-state index contributed by atoms with van der Waals surface area (Å²) in [6, 6.07) is 15.0. The molecule has 0 aliphatic rings. The molecular weight excluding hydrogens is 240 g/mol. The van der Waals surface area contributed by atoms with Crippen molar-refractivity contribution in [2.75, 3.05) is 7.11 Å². The maximum atomic E-state index is 12.1. The summed E-state index contributed by atoms with van der Waals surface area (Å²) in [5.41, 5.74) is 2.07. The van der Waals surface area contributed by atoms with E-state index >= 15 is 0 Å². The molecule has 0 fully saturated rings. The summed E-state index contributed by atoms with van der Waals surface area (Å²) >= 11 is 0. The van der Waals surface area contributed by atoms with Crippen LogP contribution in [-0.2, 0) is 0 Å². The van der Waals surface area contributed by atoms with Crippen molar-refractivity contribution in [2.45, 2.75) is 0 Å². The minimum Gasteiger partial charge on any atom is -0.495 e. The normalized spacial score (nSPS) is 10.6. The summed E-state index contributed by atoms with van der Waals surface area (Å²) in [4.78, 5) is 16.3. The highest BCUT2D eigenvalue weighted by Crippen LogP contribution is 2.23. The Bertz CT molecular complexity index is 793. The van der Waals surface area contributed by atoms with Gasteiger partial charge in [-0.15, -0.1) is 0 Å². The molecule has 19 heavy (non-hydrogen) atoms. The molecule has 1 aromatic heterocycles. The van der Waals surface area contributed by atoms with Gasteiger partial charge < -0.3 is 4.74 Å². The van der Waals surface area contributed by atoms with E-state index in [9.17, 15) is 4.79 Å². The number of nitrogens with zero attached hydrogens (tertiary/aromatic N) is 2. The quantitative estimate of drug-likeness (QED) is 0.703. The average Bonchev–Trinajstić information content (AvgIpc) is 2.47. The van der Waals surface area contributed by atoms with Gasteiger partial charge in [-0.2, -0.15) is 0 Å². The maximum absolute atomic E-state index is 12.1. The van der Waals surface area contributed by atoms with E-state index in [0.29, 0.717) is 11.4 Å². The molecule has 0 aliphatic heterocycles. The highest BCUT2D eigenvalue weighted by atomic mass is 16.5. The van der Waals surface area contributed by atoms with Crippen molar-refractivity contribution in [1.29, 1.82) is 0 Å². The molecule has 4 heteroatoms. The van der Waals surface area contributed by atoms with Crippen LogP contribution < -0.4 is 10.3 Å². The van der Waals surface area contributed by atoms with E-state index in [4.69, 9.17) is 4.74 Å². The van der Waals surface area contributed by atoms with Crippen LogP contribution in [-0.4, -0.2) is 16.7 Å². The van der Waals surface area contributed by atoms with Crippen LogP contribution in [0, 0.1) is 0 Å². The Balaban J connectivity index is 2.42. The SMILES string of the molecule is COc1ccccc1-n1c(=O)cnc2ccccc21. The van der Waals surface area contributed by atoms with Gasteiger partial charge in [-0.3, -0.25) is 9.36 Å². The van der Waals surface area contributed by atoms with Gasteiger partial charge in [0.15, 0.2) is 0 Å². The Hall–Kier alpha value is -2.62. The fourth-order valence-corrected chi connectivity index (χ4v) is 2.13. The molecule has 0 spiro atoms. The van der Waals surface area contributed by atoms with Gasteiger partial charge in [0.05, 0.1) is 30.0 Å². The number of methoxy groups -OCH3 is 1. The lowest BCUT2D eigenvalue weighted by Crippen LogP contribution is -2.19. The zero-order valence-corrected chi connectivity index (χ0v) is 10.4. The summed E-state index contributed by atoms with van der Waals surface area (Å²) in [5, 5.41) is 0. The topological polar surface area (TPSA) is 44.1 Å². The van der Waals surface area contributed by atoms with Crippen molar-refractivity contribution >= 4 is 11.0 Å². The number of ether oxygens (including phenoxy) is 1. The first-order chi connectivity index (χ1) is 9.31. The molecule has 3 rings (SSSR count). The summed E-state index contributed by atoms with van der Waals surface area (Å²) < 4.78 is 6.94. The molecule has 0 radical (unpaired) electrons. The smallest absolute Gasteiger partial charge is 0.274 e. The molecule has 0 bridgehead atoms. The van der Waals surface area contributed by atoms with Gasteiger partial charge in [-0.05, 0) is 24.3 Å². The molecule has 0 saturated carbocycles. The molecule has 0 atom stereocenters. The first kappa shape index (κ1) is 11.5. The van der Waals surface area contributed by atoms with E-state index in [1.54, 1.807) is 11.7 Å². The number of hydrogen-bond acceptors (Lipinski definition) is 3. The Morgan fingerprint density at radius 2 is 1.79 bits per heavy atom. The largest absolute Gasteiger partial charge is 0.495 e. The number of hydrogen-bond donors (Lipinski definition) is 0. The third-order valence-corrected chi connectivity index (χ3v) is 2.98. The highest BCUT2D eigenvalue weighted by molar-refractivity contribution is 5.76. The second-order valence-corrected chi connectivity index (χ2v) is 4.09. The Kier molecular flexibility index (Phi) is 2.76. The number of aromatic nitrogens is 2. The van der Waals surface area contributed by atoms with E-state index in [1.807, 2.05) is 48.5 Å². The molecule has 0 unspecified atom stereocenters. The third-order valence-electron chi connectivity index (χ3n) is 2.98. The molecule has 94 valence electrons. The Labute approximate surface area is 109 Å². The molecule has 0 N–H and O–H groups in total. The first-order valence-electron chi connectivity index (χ1n) is 5.91. The number of rotatable bonds is 2. The second kappa shape index (κ2) is 4.57. The van der Waals surface area contributed by atoms with Crippen LogP contribution in [0.4, 0.5) is 0 Å². The Morgan fingerprint density at radius 3 is 2.63 bits per heavy atom. The van der Waals surface area contributed by atoms with Crippen LogP contribution >= 0.6 is 0 Å². The molecule has 0 saturated heterocycles. The van der Waals surface area contributed by atoms with Gasteiger partial charge in [0.25, 0.3) is 5.56 Å². The molecule has 2 aromatic carbocycles. The molecular formula is C15H12N2O2. The van der Waals surface area contributed by atoms with Crippen LogP contribution in [0.5, 0.6) is 5.75 Å². The zero-order valence-electron chi connectivity index (χ0n) is 10.4. The molecule has 1 heterocycles. The van der Waals surface area contributed by atoms with Crippen molar-refractivity contribution < 1.29 is 4.74 Å². The molecule has 0 aliphatic carbocycles. The second-order valence-electron chi connectivity index (χ2n) is 4.09. The standard InChI is InChI=1S/C15H12N2O2/c1-19-14-9-5-4-8-13(14)17-12-7-3-2-6-11(12)16-10-15(17)18/h2-10H,1H3. The lowest BCUT2D eigenvalue weighted by Gasteiger charge is -2.12. The van der Waals surface area contributed by atoms with Crippen molar-refractivity contribution in [1.82, 2.24) is 9.55 Å². The average molecular weight is 252 g/mol. The molecule has 0 amide bonds. The predicted octanol–water partition coefficient (Wildman–Crippen LogP) is 2.39. The van der Waals surface area contributed by atoms with Crippen molar-refractivity contribution in [3.05, 3.63) is 65.1 Å². The van der Waals surface area contributed by atoms with E-state index in [-0.39, 0.29) is 5.56 Å². The number of benzene rings is 2. The summed E-state index contributed by atoms with van der Waals surface area (Å²) in [7, 11) is 1.59. The number of fused-ring (bicyclic) bond motifs is 1. The van der Waals surface area contributed by atoms with E-state index in [0.717, 1.165) is 11.0 Å². The van der Waals surface area contributed by atoms with Crippen molar-refractivity contribution in [3.63, 3.8) is 0 Å². The van der Waals surface area contributed by atoms with Gasteiger partial charge >= 0.3 is 0 Å². The Morgan fingerprint density at radius 1 is 1.05 bits per heavy atom. The lowest BCUT2D eigenvalue weighted by molar-refractivity contribution is 0.413. The van der Waals surface area contributed by atoms with Crippen LogP contribution in [0.15, 0.2) is 59.5 Å². The van der Waals surface area contributed by atoms with E-state index < -0.39 is 0 Å². The molecule has 3 aromatic rings. The maximum Gasteiger partial charge on any atom is 0.274 e. The van der Waals surface area contributed by atoms with Crippen LogP contribution in [0.1, 0.15) is 0 Å². The highest BCUT2D eigenvalue weighted by Gasteiger charge is 2.09. The van der Waals surface area contributed by atoms with Crippen molar-refractivity contribution in [3.8, 4) is 11.4 Å². The van der Waals surface area contributed by atoms with Gasteiger partial charge in [0, 0.05) is 0 Å². The minimum absolute atomic E-state index is 0.178. The van der Waals surface area contributed by atoms with Crippen LogP contribution in [0.25, 0.3) is 16.7 Å². The van der Waals surface area contributed by atoms with Gasteiger partial charge in [-0.25, -0.2) is 4.98 Å². The summed E-state index contributed by atoms with van der Waals surface area (Å²) in [5.74, 6) is 0.654.